The van der Waals surface area contributed by atoms with E-state index in [4.69, 9.17) is 4.74 Å². The maximum absolute atomic E-state index is 12.5. The van der Waals surface area contributed by atoms with Crippen LogP contribution < -0.4 is 10.6 Å². The number of carbonyl (C=O) groups is 3. The molecule has 1 aliphatic carbocycles. The van der Waals surface area contributed by atoms with E-state index in [1.54, 1.807) is 0 Å². The number of alkyl carbamates (subject to hydrolysis) is 1. The van der Waals surface area contributed by atoms with Crippen LogP contribution in [0.15, 0.2) is 61.1 Å². The van der Waals surface area contributed by atoms with Crippen molar-refractivity contribution in [2.24, 2.45) is 0 Å². The highest BCUT2D eigenvalue weighted by Gasteiger charge is 2.29. The number of carboxylic acids is 1. The zero-order valence-corrected chi connectivity index (χ0v) is 19.4. The van der Waals surface area contributed by atoms with Crippen molar-refractivity contribution in [1.29, 1.82) is 0 Å². The molecule has 2 amide bonds. The normalized spacial score (nSPS) is 13.9. The molecule has 0 fully saturated rings. The highest BCUT2D eigenvalue weighted by molar-refractivity contribution is 5.84. The quantitative estimate of drug-likeness (QED) is 0.355. The van der Waals surface area contributed by atoms with Crippen molar-refractivity contribution >= 4 is 18.0 Å². The Morgan fingerprint density at radius 2 is 1.71 bits per heavy atom. The number of hydrogen-bond acceptors (Lipinski definition) is 5. The third-order valence-electron chi connectivity index (χ3n) is 6.20. The second kappa shape index (κ2) is 10.9. The summed E-state index contributed by atoms with van der Waals surface area (Å²) in [5.74, 6) is -1.68. The Labute approximate surface area is 202 Å². The SMILES string of the molecule is CC[C@@H](CC(=O)N[C@H](Cc1cnc[nH]1)C(=O)O)NC(=O)OCC1c2ccccc2-c2ccccc21. The fourth-order valence-electron chi connectivity index (χ4n) is 4.40. The Hall–Kier alpha value is -4.14. The van der Waals surface area contributed by atoms with Crippen LogP contribution in [0.3, 0.4) is 0 Å². The molecule has 9 heteroatoms. The van der Waals surface area contributed by atoms with Crippen molar-refractivity contribution in [1.82, 2.24) is 20.6 Å². The smallest absolute Gasteiger partial charge is 0.407 e. The number of benzene rings is 2. The molecular weight excluding hydrogens is 448 g/mol. The molecule has 3 aromatic rings. The predicted octanol–water partition coefficient (Wildman–Crippen LogP) is 3.23. The number of rotatable bonds is 10. The van der Waals surface area contributed by atoms with Crippen LogP contribution in [-0.4, -0.2) is 51.7 Å². The van der Waals surface area contributed by atoms with Crippen LogP contribution in [0, 0.1) is 0 Å². The summed E-state index contributed by atoms with van der Waals surface area (Å²) in [6.07, 6.45) is 2.84. The topological polar surface area (TPSA) is 133 Å². The van der Waals surface area contributed by atoms with Gasteiger partial charge in [-0.2, -0.15) is 0 Å². The molecule has 0 aliphatic heterocycles. The van der Waals surface area contributed by atoms with E-state index in [-0.39, 0.29) is 25.4 Å². The van der Waals surface area contributed by atoms with Crippen molar-refractivity contribution in [3.05, 3.63) is 77.9 Å². The summed E-state index contributed by atoms with van der Waals surface area (Å²) in [7, 11) is 0. The second-order valence-electron chi connectivity index (χ2n) is 8.52. The Morgan fingerprint density at radius 1 is 1.06 bits per heavy atom. The molecule has 1 aliphatic rings. The molecule has 0 saturated carbocycles. The van der Waals surface area contributed by atoms with Gasteiger partial charge < -0.3 is 25.5 Å². The van der Waals surface area contributed by atoms with Crippen LogP contribution in [0.1, 0.15) is 42.5 Å². The van der Waals surface area contributed by atoms with Crippen LogP contribution in [0.4, 0.5) is 4.79 Å². The van der Waals surface area contributed by atoms with Gasteiger partial charge in [0, 0.05) is 36.7 Å². The summed E-state index contributed by atoms with van der Waals surface area (Å²) in [6.45, 7) is 2.01. The minimum atomic E-state index is -1.15. The van der Waals surface area contributed by atoms with Gasteiger partial charge in [0.05, 0.1) is 6.33 Å². The number of ether oxygens (including phenoxy) is 1. The number of carbonyl (C=O) groups excluding carboxylic acids is 2. The second-order valence-corrected chi connectivity index (χ2v) is 8.52. The van der Waals surface area contributed by atoms with E-state index in [1.165, 1.54) is 12.5 Å². The summed E-state index contributed by atoms with van der Waals surface area (Å²) in [5, 5.41) is 14.7. The number of H-pyrrole nitrogens is 1. The number of aromatic nitrogens is 2. The largest absolute Gasteiger partial charge is 0.480 e. The molecule has 0 spiro atoms. The minimum absolute atomic E-state index is 0.0599. The van der Waals surface area contributed by atoms with E-state index in [9.17, 15) is 19.5 Å². The first-order chi connectivity index (χ1) is 17.0. The van der Waals surface area contributed by atoms with Crippen LogP contribution in [-0.2, 0) is 20.7 Å². The maximum atomic E-state index is 12.5. The Kier molecular flexibility index (Phi) is 7.45. The molecule has 1 heterocycles. The zero-order valence-electron chi connectivity index (χ0n) is 19.4. The Morgan fingerprint density at radius 3 is 2.29 bits per heavy atom. The van der Waals surface area contributed by atoms with E-state index < -0.39 is 30.1 Å². The maximum Gasteiger partial charge on any atom is 0.407 e. The van der Waals surface area contributed by atoms with E-state index >= 15 is 0 Å². The molecule has 2 atom stereocenters. The summed E-state index contributed by atoms with van der Waals surface area (Å²) >= 11 is 0. The van der Waals surface area contributed by atoms with E-state index in [0.717, 1.165) is 22.3 Å². The molecule has 9 nitrogen and oxygen atoms in total. The molecule has 0 radical (unpaired) electrons. The van der Waals surface area contributed by atoms with Gasteiger partial charge in [-0.25, -0.2) is 14.6 Å². The molecule has 2 aromatic carbocycles. The molecule has 35 heavy (non-hydrogen) atoms. The molecule has 0 bridgehead atoms. The monoisotopic (exact) mass is 476 g/mol. The fraction of sp³-hybridized carbons (Fsp3) is 0.308. The molecule has 4 N–H and O–H groups in total. The van der Waals surface area contributed by atoms with Crippen molar-refractivity contribution in [3.63, 3.8) is 0 Å². The number of fused-ring (bicyclic) bond motifs is 3. The van der Waals surface area contributed by atoms with Gasteiger partial charge in [-0.05, 0) is 28.7 Å². The Bertz CT molecular complexity index is 1150. The highest BCUT2D eigenvalue weighted by Crippen LogP contribution is 2.44. The van der Waals surface area contributed by atoms with Crippen LogP contribution >= 0.6 is 0 Å². The van der Waals surface area contributed by atoms with Gasteiger partial charge in [-0.3, -0.25) is 4.79 Å². The molecule has 0 unspecified atom stereocenters. The molecule has 182 valence electrons. The number of imidazole rings is 1. The lowest BCUT2D eigenvalue weighted by Gasteiger charge is -2.20. The van der Waals surface area contributed by atoms with Gasteiger partial charge in [0.25, 0.3) is 0 Å². The summed E-state index contributed by atoms with van der Waals surface area (Å²) in [6, 6.07) is 14.6. The standard InChI is InChI=1S/C26H28N4O5/c1-2-16(12-24(31)30-23(25(32)33)11-17-13-27-15-28-17)29-26(34)35-14-22-20-9-5-3-7-18(20)19-8-4-6-10-21(19)22/h3-10,13,15-16,22-23H,2,11-12,14H2,1H3,(H,27,28)(H,29,34)(H,30,31)(H,32,33)/t16-,23+/m0/s1. The van der Waals surface area contributed by atoms with E-state index in [1.807, 2.05) is 43.3 Å². The summed E-state index contributed by atoms with van der Waals surface area (Å²) in [4.78, 5) is 43.3. The number of amides is 2. The molecule has 0 saturated heterocycles. The molecule has 1 aromatic heterocycles. The van der Waals surface area contributed by atoms with Crippen molar-refractivity contribution < 1.29 is 24.2 Å². The summed E-state index contributed by atoms with van der Waals surface area (Å²) in [5.41, 5.74) is 5.11. The number of aromatic amines is 1. The third kappa shape index (κ3) is 5.68. The lowest BCUT2D eigenvalue weighted by Crippen LogP contribution is -2.45. The number of nitrogens with zero attached hydrogens (tertiary/aromatic N) is 1. The summed E-state index contributed by atoms with van der Waals surface area (Å²) < 4.78 is 5.56. The van der Waals surface area contributed by atoms with Gasteiger partial charge in [-0.1, -0.05) is 55.5 Å². The zero-order chi connectivity index (χ0) is 24.8. The van der Waals surface area contributed by atoms with Crippen LogP contribution in [0.25, 0.3) is 11.1 Å². The van der Waals surface area contributed by atoms with Gasteiger partial charge in [-0.15, -0.1) is 0 Å². The molecular formula is C26H28N4O5. The first kappa shape index (κ1) is 24.0. The molecule has 4 rings (SSSR count). The number of nitrogens with one attached hydrogen (secondary N) is 3. The first-order valence-corrected chi connectivity index (χ1v) is 11.6. The lowest BCUT2D eigenvalue weighted by molar-refractivity contribution is -0.141. The van der Waals surface area contributed by atoms with Crippen molar-refractivity contribution in [2.45, 2.75) is 44.2 Å². The van der Waals surface area contributed by atoms with Gasteiger partial charge in [0.15, 0.2) is 0 Å². The van der Waals surface area contributed by atoms with Gasteiger partial charge in [0.1, 0.15) is 12.6 Å². The first-order valence-electron chi connectivity index (χ1n) is 11.6. The average molecular weight is 477 g/mol. The third-order valence-corrected chi connectivity index (χ3v) is 6.20. The number of hydrogen-bond donors (Lipinski definition) is 4. The van der Waals surface area contributed by atoms with E-state index in [0.29, 0.717) is 12.1 Å². The van der Waals surface area contributed by atoms with Crippen LogP contribution in [0.5, 0.6) is 0 Å². The van der Waals surface area contributed by atoms with Crippen LogP contribution in [0.2, 0.25) is 0 Å². The van der Waals surface area contributed by atoms with Gasteiger partial charge >= 0.3 is 12.1 Å². The predicted molar refractivity (Wildman–Crippen MR) is 129 cm³/mol. The highest BCUT2D eigenvalue weighted by atomic mass is 16.5. The Balaban J connectivity index is 1.31. The van der Waals surface area contributed by atoms with Gasteiger partial charge in [0.2, 0.25) is 5.91 Å². The lowest BCUT2D eigenvalue weighted by atomic mass is 9.98. The number of carboxylic acid groups (broad SMARTS) is 1. The number of aliphatic carboxylic acids is 1. The van der Waals surface area contributed by atoms with Crippen molar-refractivity contribution in [3.8, 4) is 11.1 Å². The average Bonchev–Trinajstić information content (AvgIpc) is 3.48. The fourth-order valence-corrected chi connectivity index (χ4v) is 4.40. The van der Waals surface area contributed by atoms with Crippen molar-refractivity contribution in [2.75, 3.05) is 6.61 Å². The van der Waals surface area contributed by atoms with E-state index in [2.05, 4.69) is 32.7 Å². The minimum Gasteiger partial charge on any atom is -0.480 e.